The van der Waals surface area contributed by atoms with Gasteiger partial charge in [0.1, 0.15) is 11.5 Å². The molecule has 0 amide bonds. The number of nitrogens with zero attached hydrogens (tertiary/aromatic N) is 2. The number of aromatic nitrogens is 2. The maximum Gasteiger partial charge on any atom is 0.128 e. The number of aliphatic hydroxyl groups excluding tert-OH is 1. The van der Waals surface area contributed by atoms with E-state index < -0.39 is 6.10 Å². The van der Waals surface area contributed by atoms with Crippen LogP contribution in [0.1, 0.15) is 17.4 Å². The molecule has 19 heavy (non-hydrogen) atoms. The molecule has 5 nitrogen and oxygen atoms in total. The minimum absolute atomic E-state index is 0.448. The van der Waals surface area contributed by atoms with Crippen molar-refractivity contribution >= 4 is 0 Å². The standard InChI is InChI=1S/C14H18N2O3/c1-16-7-6-10(15-16)8-13(17)12-5-4-11(18-2)9-14(12)19-3/h4-7,9,13,17H,8H2,1-3H3. The van der Waals surface area contributed by atoms with Crippen LogP contribution in [-0.2, 0) is 13.5 Å². The van der Waals surface area contributed by atoms with Crippen LogP contribution in [0.25, 0.3) is 0 Å². The first kappa shape index (κ1) is 13.4. The van der Waals surface area contributed by atoms with Crippen molar-refractivity contribution < 1.29 is 14.6 Å². The van der Waals surface area contributed by atoms with Crippen LogP contribution in [0.5, 0.6) is 11.5 Å². The summed E-state index contributed by atoms with van der Waals surface area (Å²) in [6.45, 7) is 0. The van der Waals surface area contributed by atoms with E-state index in [9.17, 15) is 5.11 Å². The number of hydrogen-bond acceptors (Lipinski definition) is 4. The van der Waals surface area contributed by atoms with E-state index >= 15 is 0 Å². The molecule has 1 aromatic heterocycles. The molecule has 1 heterocycles. The molecule has 1 atom stereocenters. The first-order valence-corrected chi connectivity index (χ1v) is 6.02. The van der Waals surface area contributed by atoms with Gasteiger partial charge in [-0.15, -0.1) is 0 Å². The molecule has 0 spiro atoms. The quantitative estimate of drug-likeness (QED) is 0.891. The zero-order valence-corrected chi connectivity index (χ0v) is 11.3. The molecule has 0 fully saturated rings. The molecule has 0 bridgehead atoms. The van der Waals surface area contributed by atoms with E-state index in [1.807, 2.05) is 25.4 Å². The SMILES string of the molecule is COc1ccc(C(O)Cc2ccn(C)n2)c(OC)c1. The predicted octanol–water partition coefficient (Wildman–Crippen LogP) is 1.71. The highest BCUT2D eigenvalue weighted by molar-refractivity contribution is 5.42. The summed E-state index contributed by atoms with van der Waals surface area (Å²) in [7, 11) is 5.02. The summed E-state index contributed by atoms with van der Waals surface area (Å²) in [4.78, 5) is 0. The fraction of sp³-hybridized carbons (Fsp3) is 0.357. The third-order valence-corrected chi connectivity index (χ3v) is 2.97. The zero-order chi connectivity index (χ0) is 13.8. The van der Waals surface area contributed by atoms with Gasteiger partial charge in [0, 0.05) is 31.3 Å². The van der Waals surface area contributed by atoms with Crippen molar-refractivity contribution in [2.75, 3.05) is 14.2 Å². The smallest absolute Gasteiger partial charge is 0.128 e. The molecule has 0 radical (unpaired) electrons. The Morgan fingerprint density at radius 1 is 1.26 bits per heavy atom. The van der Waals surface area contributed by atoms with Gasteiger partial charge in [0.2, 0.25) is 0 Å². The molecule has 5 heteroatoms. The molecular formula is C14H18N2O3. The van der Waals surface area contributed by atoms with Crippen molar-refractivity contribution in [1.29, 1.82) is 0 Å². The third-order valence-electron chi connectivity index (χ3n) is 2.97. The van der Waals surface area contributed by atoms with E-state index in [1.54, 1.807) is 31.0 Å². The maximum atomic E-state index is 10.3. The Morgan fingerprint density at radius 3 is 2.63 bits per heavy atom. The average molecular weight is 262 g/mol. The van der Waals surface area contributed by atoms with Crippen molar-refractivity contribution in [2.24, 2.45) is 7.05 Å². The van der Waals surface area contributed by atoms with Crippen LogP contribution in [0, 0.1) is 0 Å². The highest BCUT2D eigenvalue weighted by Crippen LogP contribution is 2.30. The van der Waals surface area contributed by atoms with Crippen LogP contribution in [0.2, 0.25) is 0 Å². The van der Waals surface area contributed by atoms with Crippen LogP contribution < -0.4 is 9.47 Å². The van der Waals surface area contributed by atoms with Crippen LogP contribution in [0.15, 0.2) is 30.5 Å². The molecular weight excluding hydrogens is 244 g/mol. The van der Waals surface area contributed by atoms with E-state index in [-0.39, 0.29) is 0 Å². The Balaban J connectivity index is 2.20. The van der Waals surface area contributed by atoms with Gasteiger partial charge in [-0.25, -0.2) is 0 Å². The van der Waals surface area contributed by atoms with Crippen LogP contribution >= 0.6 is 0 Å². The summed E-state index contributed by atoms with van der Waals surface area (Å²) >= 11 is 0. The third kappa shape index (κ3) is 3.06. The molecule has 0 aliphatic heterocycles. The van der Waals surface area contributed by atoms with Crippen LogP contribution in [0.4, 0.5) is 0 Å². The lowest BCUT2D eigenvalue weighted by atomic mass is 10.0. The number of hydrogen-bond donors (Lipinski definition) is 1. The van der Waals surface area contributed by atoms with Gasteiger partial charge in [-0.2, -0.15) is 5.10 Å². The largest absolute Gasteiger partial charge is 0.497 e. The van der Waals surface area contributed by atoms with Crippen molar-refractivity contribution in [3.63, 3.8) is 0 Å². The van der Waals surface area contributed by atoms with E-state index in [4.69, 9.17) is 9.47 Å². The highest BCUT2D eigenvalue weighted by Gasteiger charge is 2.15. The summed E-state index contributed by atoms with van der Waals surface area (Å²) in [5, 5.41) is 14.5. The Morgan fingerprint density at radius 2 is 2.05 bits per heavy atom. The second kappa shape index (κ2) is 5.75. The molecule has 1 aromatic carbocycles. The van der Waals surface area contributed by atoms with E-state index in [0.29, 0.717) is 17.9 Å². The van der Waals surface area contributed by atoms with Gasteiger partial charge < -0.3 is 14.6 Å². The minimum Gasteiger partial charge on any atom is -0.497 e. The van der Waals surface area contributed by atoms with Crippen LogP contribution in [-0.4, -0.2) is 29.1 Å². The number of rotatable bonds is 5. The predicted molar refractivity (Wildman–Crippen MR) is 71.4 cm³/mol. The average Bonchev–Trinajstić information content (AvgIpc) is 2.83. The summed E-state index contributed by atoms with van der Waals surface area (Å²) in [5.41, 5.74) is 1.57. The number of ether oxygens (including phenoxy) is 2. The number of methoxy groups -OCH3 is 2. The lowest BCUT2D eigenvalue weighted by molar-refractivity contribution is 0.172. The van der Waals surface area contributed by atoms with Gasteiger partial charge in [-0.05, 0) is 18.2 Å². The van der Waals surface area contributed by atoms with Gasteiger partial charge in [-0.3, -0.25) is 4.68 Å². The van der Waals surface area contributed by atoms with Crippen LogP contribution in [0.3, 0.4) is 0 Å². The Hall–Kier alpha value is -2.01. The maximum absolute atomic E-state index is 10.3. The monoisotopic (exact) mass is 262 g/mol. The van der Waals surface area contributed by atoms with Gasteiger partial charge >= 0.3 is 0 Å². The first-order chi connectivity index (χ1) is 9.13. The van der Waals surface area contributed by atoms with Crippen molar-refractivity contribution in [1.82, 2.24) is 9.78 Å². The molecule has 0 saturated heterocycles. The fourth-order valence-electron chi connectivity index (χ4n) is 1.97. The van der Waals surface area contributed by atoms with Crippen molar-refractivity contribution in [3.8, 4) is 11.5 Å². The highest BCUT2D eigenvalue weighted by atomic mass is 16.5. The summed E-state index contributed by atoms with van der Waals surface area (Å²) in [6, 6.07) is 7.26. The molecule has 1 unspecified atom stereocenters. The van der Waals surface area contributed by atoms with E-state index in [1.165, 1.54) is 0 Å². The second-order valence-corrected chi connectivity index (χ2v) is 4.31. The Labute approximate surface area is 112 Å². The molecule has 0 saturated carbocycles. The van der Waals surface area contributed by atoms with Crippen molar-refractivity contribution in [3.05, 3.63) is 41.7 Å². The van der Waals surface area contributed by atoms with Crippen molar-refractivity contribution in [2.45, 2.75) is 12.5 Å². The fourth-order valence-corrected chi connectivity index (χ4v) is 1.97. The van der Waals surface area contributed by atoms with Gasteiger partial charge in [0.25, 0.3) is 0 Å². The minimum atomic E-state index is -0.657. The number of aryl methyl sites for hydroxylation is 1. The second-order valence-electron chi connectivity index (χ2n) is 4.31. The van der Waals surface area contributed by atoms with E-state index in [2.05, 4.69) is 5.10 Å². The molecule has 2 rings (SSSR count). The molecule has 0 aliphatic carbocycles. The summed E-state index contributed by atoms with van der Waals surface area (Å²) in [5.74, 6) is 1.31. The molecule has 1 N–H and O–H groups in total. The first-order valence-electron chi connectivity index (χ1n) is 6.02. The normalized spacial score (nSPS) is 12.2. The summed E-state index contributed by atoms with van der Waals surface area (Å²) in [6.07, 6.45) is 1.65. The summed E-state index contributed by atoms with van der Waals surface area (Å²) < 4.78 is 12.1. The molecule has 102 valence electrons. The number of aliphatic hydroxyl groups is 1. The Kier molecular flexibility index (Phi) is 4.06. The lowest BCUT2D eigenvalue weighted by Gasteiger charge is -2.14. The topological polar surface area (TPSA) is 56.5 Å². The van der Waals surface area contributed by atoms with Gasteiger partial charge in [0.15, 0.2) is 0 Å². The lowest BCUT2D eigenvalue weighted by Crippen LogP contribution is -2.05. The zero-order valence-electron chi connectivity index (χ0n) is 11.3. The molecule has 2 aromatic rings. The van der Waals surface area contributed by atoms with E-state index in [0.717, 1.165) is 11.3 Å². The van der Waals surface area contributed by atoms with Gasteiger partial charge in [0.05, 0.1) is 26.0 Å². The molecule has 0 aliphatic rings. The van der Waals surface area contributed by atoms with Gasteiger partial charge in [-0.1, -0.05) is 0 Å². The number of benzene rings is 1. The Bertz CT molecular complexity index is 551.